The molecule has 1 N–H and O–H groups in total. The minimum Gasteiger partial charge on any atom is -0.497 e. The van der Waals surface area contributed by atoms with Crippen molar-refractivity contribution in [1.29, 1.82) is 0 Å². The van der Waals surface area contributed by atoms with Crippen LogP contribution in [0.2, 0.25) is 0 Å². The highest BCUT2D eigenvalue weighted by atomic mass is 16.5. The lowest BCUT2D eigenvalue weighted by Gasteiger charge is -2.36. The third-order valence-corrected chi connectivity index (χ3v) is 3.93. The Bertz CT molecular complexity index is 407. The van der Waals surface area contributed by atoms with Crippen LogP contribution >= 0.6 is 0 Å². The molecule has 0 spiro atoms. The summed E-state index contributed by atoms with van der Waals surface area (Å²) in [6.45, 7) is 4.71. The molecule has 1 fully saturated rings. The summed E-state index contributed by atoms with van der Waals surface area (Å²) < 4.78 is 10.6. The summed E-state index contributed by atoms with van der Waals surface area (Å²) in [6.07, 6.45) is 5.08. The standard InChI is InChI=1S/C16H25NO2/c1-16(2)7-5-6-12(11-16)17-13-8-14(18-3)10-15(9-13)19-4/h8-10,12,17H,5-7,11H2,1-4H3. The van der Waals surface area contributed by atoms with Crippen LogP contribution < -0.4 is 14.8 Å². The van der Waals surface area contributed by atoms with Gasteiger partial charge in [0.1, 0.15) is 11.5 Å². The molecule has 0 saturated heterocycles. The molecular formula is C16H25NO2. The number of nitrogens with one attached hydrogen (secondary N) is 1. The molecule has 106 valence electrons. The van der Waals surface area contributed by atoms with E-state index in [0.717, 1.165) is 17.2 Å². The Balaban J connectivity index is 2.09. The monoisotopic (exact) mass is 263 g/mol. The van der Waals surface area contributed by atoms with Crippen molar-refractivity contribution in [2.24, 2.45) is 5.41 Å². The van der Waals surface area contributed by atoms with Crippen LogP contribution in [0.1, 0.15) is 39.5 Å². The molecule has 2 rings (SSSR count). The molecule has 1 atom stereocenters. The van der Waals surface area contributed by atoms with Crippen LogP contribution in [0.4, 0.5) is 5.69 Å². The number of hydrogen-bond donors (Lipinski definition) is 1. The molecule has 1 unspecified atom stereocenters. The van der Waals surface area contributed by atoms with Gasteiger partial charge in [0.05, 0.1) is 14.2 Å². The molecular weight excluding hydrogens is 238 g/mol. The van der Waals surface area contributed by atoms with Crippen LogP contribution in [-0.4, -0.2) is 20.3 Å². The van der Waals surface area contributed by atoms with Crippen LogP contribution in [0.25, 0.3) is 0 Å². The fourth-order valence-corrected chi connectivity index (χ4v) is 2.95. The van der Waals surface area contributed by atoms with Gasteiger partial charge in [0.25, 0.3) is 0 Å². The fourth-order valence-electron chi connectivity index (χ4n) is 2.95. The SMILES string of the molecule is COc1cc(NC2CCCC(C)(C)C2)cc(OC)c1. The lowest BCUT2D eigenvalue weighted by atomic mass is 9.75. The third-order valence-electron chi connectivity index (χ3n) is 3.93. The van der Waals surface area contributed by atoms with Crippen molar-refractivity contribution in [3.8, 4) is 11.5 Å². The predicted octanol–water partition coefficient (Wildman–Crippen LogP) is 4.08. The van der Waals surface area contributed by atoms with E-state index in [-0.39, 0.29) is 0 Å². The van der Waals surface area contributed by atoms with E-state index in [0.29, 0.717) is 11.5 Å². The molecule has 19 heavy (non-hydrogen) atoms. The van der Waals surface area contributed by atoms with Crippen molar-refractivity contribution in [2.75, 3.05) is 19.5 Å². The molecule has 3 heteroatoms. The van der Waals surface area contributed by atoms with Crippen molar-refractivity contribution >= 4 is 5.69 Å². The summed E-state index contributed by atoms with van der Waals surface area (Å²) in [5.41, 5.74) is 1.53. The average Bonchev–Trinajstić information content (AvgIpc) is 2.37. The van der Waals surface area contributed by atoms with Crippen LogP contribution in [0, 0.1) is 5.41 Å². The maximum Gasteiger partial charge on any atom is 0.124 e. The highest BCUT2D eigenvalue weighted by Gasteiger charge is 2.27. The van der Waals surface area contributed by atoms with Crippen molar-refractivity contribution in [3.05, 3.63) is 18.2 Å². The largest absolute Gasteiger partial charge is 0.497 e. The van der Waals surface area contributed by atoms with E-state index in [1.165, 1.54) is 25.7 Å². The zero-order chi connectivity index (χ0) is 13.9. The van der Waals surface area contributed by atoms with Crippen LogP contribution in [0.3, 0.4) is 0 Å². The molecule has 0 bridgehead atoms. The van der Waals surface area contributed by atoms with E-state index in [2.05, 4.69) is 19.2 Å². The minimum atomic E-state index is 0.443. The van der Waals surface area contributed by atoms with Gasteiger partial charge in [-0.1, -0.05) is 20.3 Å². The van der Waals surface area contributed by atoms with Crippen LogP contribution in [0.15, 0.2) is 18.2 Å². The first kappa shape index (κ1) is 14.0. The van der Waals surface area contributed by atoms with Crippen molar-refractivity contribution in [1.82, 2.24) is 0 Å². The first-order valence-electron chi connectivity index (χ1n) is 7.02. The van der Waals surface area contributed by atoms with E-state index in [9.17, 15) is 0 Å². The van der Waals surface area contributed by atoms with Gasteiger partial charge in [-0.2, -0.15) is 0 Å². The molecule has 0 heterocycles. The van der Waals surface area contributed by atoms with Gasteiger partial charge in [0.15, 0.2) is 0 Å². The summed E-state index contributed by atoms with van der Waals surface area (Å²) >= 11 is 0. The third kappa shape index (κ3) is 3.79. The molecule has 0 radical (unpaired) electrons. The minimum absolute atomic E-state index is 0.443. The summed E-state index contributed by atoms with van der Waals surface area (Å²) in [4.78, 5) is 0. The molecule has 1 aliphatic carbocycles. The summed E-state index contributed by atoms with van der Waals surface area (Å²) in [5.74, 6) is 1.66. The smallest absolute Gasteiger partial charge is 0.124 e. The summed E-state index contributed by atoms with van der Waals surface area (Å²) in [7, 11) is 3.37. The molecule has 0 aliphatic heterocycles. The Morgan fingerprint density at radius 2 is 1.74 bits per heavy atom. The maximum atomic E-state index is 5.31. The Kier molecular flexibility index (Phi) is 4.23. The molecule has 1 aliphatic rings. The second-order valence-corrected chi connectivity index (χ2v) is 6.20. The fraction of sp³-hybridized carbons (Fsp3) is 0.625. The number of benzene rings is 1. The molecule has 0 amide bonds. The van der Waals surface area contributed by atoms with E-state index >= 15 is 0 Å². The lowest BCUT2D eigenvalue weighted by Crippen LogP contribution is -2.31. The molecule has 3 nitrogen and oxygen atoms in total. The summed E-state index contributed by atoms with van der Waals surface area (Å²) in [5, 5.41) is 3.63. The van der Waals surface area contributed by atoms with Crippen molar-refractivity contribution < 1.29 is 9.47 Å². The van der Waals surface area contributed by atoms with E-state index in [4.69, 9.17) is 9.47 Å². The van der Waals surface area contributed by atoms with Crippen molar-refractivity contribution in [3.63, 3.8) is 0 Å². The number of hydrogen-bond acceptors (Lipinski definition) is 3. The zero-order valence-electron chi connectivity index (χ0n) is 12.5. The summed E-state index contributed by atoms with van der Waals surface area (Å²) in [6, 6.07) is 6.50. The van der Waals surface area contributed by atoms with Crippen molar-refractivity contribution in [2.45, 2.75) is 45.6 Å². The quantitative estimate of drug-likeness (QED) is 0.887. The molecule has 0 aromatic heterocycles. The Morgan fingerprint density at radius 1 is 1.11 bits per heavy atom. The van der Waals surface area contributed by atoms with Gasteiger partial charge in [-0.05, 0) is 24.7 Å². The molecule has 1 aromatic rings. The average molecular weight is 263 g/mol. The van der Waals surface area contributed by atoms with Gasteiger partial charge in [0, 0.05) is 29.9 Å². The lowest BCUT2D eigenvalue weighted by molar-refractivity contribution is 0.229. The van der Waals surface area contributed by atoms with Gasteiger partial charge in [-0.25, -0.2) is 0 Å². The highest BCUT2D eigenvalue weighted by Crippen LogP contribution is 2.37. The zero-order valence-corrected chi connectivity index (χ0v) is 12.5. The number of methoxy groups -OCH3 is 2. The van der Waals surface area contributed by atoms with Gasteiger partial charge >= 0.3 is 0 Å². The van der Waals surface area contributed by atoms with Gasteiger partial charge < -0.3 is 14.8 Å². The number of ether oxygens (including phenoxy) is 2. The Morgan fingerprint density at radius 3 is 2.26 bits per heavy atom. The second-order valence-electron chi connectivity index (χ2n) is 6.20. The van der Waals surface area contributed by atoms with Crippen LogP contribution in [0.5, 0.6) is 11.5 Å². The topological polar surface area (TPSA) is 30.5 Å². The highest BCUT2D eigenvalue weighted by molar-refractivity contribution is 5.54. The second kappa shape index (κ2) is 5.72. The molecule has 1 saturated carbocycles. The van der Waals surface area contributed by atoms with Crippen LogP contribution in [-0.2, 0) is 0 Å². The predicted molar refractivity (Wildman–Crippen MR) is 79.2 cm³/mol. The van der Waals surface area contributed by atoms with E-state index in [1.807, 2.05) is 18.2 Å². The van der Waals surface area contributed by atoms with E-state index < -0.39 is 0 Å². The van der Waals surface area contributed by atoms with Gasteiger partial charge in [0.2, 0.25) is 0 Å². The van der Waals surface area contributed by atoms with Gasteiger partial charge in [-0.15, -0.1) is 0 Å². The Labute approximate surface area is 116 Å². The maximum absolute atomic E-state index is 5.31. The number of anilines is 1. The first-order chi connectivity index (χ1) is 9.02. The number of rotatable bonds is 4. The van der Waals surface area contributed by atoms with Gasteiger partial charge in [-0.3, -0.25) is 0 Å². The first-order valence-corrected chi connectivity index (χ1v) is 7.02. The molecule has 1 aromatic carbocycles. The normalized spacial score (nSPS) is 21.8. The van der Waals surface area contributed by atoms with E-state index in [1.54, 1.807) is 14.2 Å². The Hall–Kier alpha value is -1.38.